The number of ketones is 1. The molecule has 2 aliphatic heterocycles. The second-order valence-electron chi connectivity index (χ2n) is 10.8. The predicted molar refractivity (Wildman–Crippen MR) is 141 cm³/mol. The van der Waals surface area contributed by atoms with E-state index in [4.69, 9.17) is 18.6 Å². The molecule has 2 aliphatic rings. The normalized spacial score (nSPS) is 23.2. The second-order valence-corrected chi connectivity index (χ2v) is 13.1. The molecule has 4 atom stereocenters. The minimum Gasteiger partial charge on any atom is -0.454 e. The molecule has 0 spiro atoms. The molecular weight excluding hydrogens is 512 g/mol. The van der Waals surface area contributed by atoms with Gasteiger partial charge in [0, 0.05) is 13.0 Å². The minimum atomic E-state index is -1.69. The summed E-state index contributed by atoms with van der Waals surface area (Å²) in [5, 5.41) is 0. The number of Topliss-reactive ketones (excluding diaryl/α,β-unsaturated/α-hetero) is 1. The van der Waals surface area contributed by atoms with Gasteiger partial charge in [-0.2, -0.15) is 0 Å². The van der Waals surface area contributed by atoms with Crippen molar-refractivity contribution in [2.24, 2.45) is 11.3 Å². The highest BCUT2D eigenvalue weighted by Crippen LogP contribution is 2.48. The van der Waals surface area contributed by atoms with Crippen LogP contribution in [0.3, 0.4) is 0 Å². The van der Waals surface area contributed by atoms with Crippen LogP contribution in [0.15, 0.2) is 25.3 Å². The predicted octanol–water partition coefficient (Wildman–Crippen LogP) is 1.86. The first-order valence-corrected chi connectivity index (χ1v) is 15.5. The molecule has 11 nitrogen and oxygen atoms in total. The lowest BCUT2D eigenvalue weighted by Crippen LogP contribution is -2.74. The van der Waals surface area contributed by atoms with Gasteiger partial charge in [0.15, 0.2) is 14.8 Å². The van der Waals surface area contributed by atoms with E-state index in [2.05, 4.69) is 13.2 Å². The van der Waals surface area contributed by atoms with E-state index in [1.165, 1.54) is 17.1 Å². The van der Waals surface area contributed by atoms with Gasteiger partial charge in [0.1, 0.15) is 19.3 Å². The van der Waals surface area contributed by atoms with Crippen LogP contribution in [0.2, 0.25) is 13.1 Å². The zero-order valence-electron chi connectivity index (χ0n) is 23.2. The monoisotopic (exact) mass is 552 g/mol. The zero-order valence-corrected chi connectivity index (χ0v) is 24.3. The summed E-state index contributed by atoms with van der Waals surface area (Å²) in [4.78, 5) is 66.6. The molecular formula is C26H40N2O9Si. The van der Waals surface area contributed by atoms with Crippen LogP contribution in [-0.4, -0.2) is 99.2 Å². The summed E-state index contributed by atoms with van der Waals surface area (Å²) in [7, 11) is -1.69. The van der Waals surface area contributed by atoms with Crippen LogP contribution >= 0.6 is 0 Å². The first kappa shape index (κ1) is 31.4. The summed E-state index contributed by atoms with van der Waals surface area (Å²) < 4.78 is 22.0. The number of β-lactam (4-membered cyclic amide) rings is 1. The van der Waals surface area contributed by atoms with Crippen molar-refractivity contribution >= 4 is 38.7 Å². The van der Waals surface area contributed by atoms with E-state index in [0.29, 0.717) is 0 Å². The summed E-state index contributed by atoms with van der Waals surface area (Å²) in [6, 6.07) is -0.956. The number of morpholine rings is 1. The van der Waals surface area contributed by atoms with Crippen LogP contribution in [-0.2, 0) is 37.8 Å². The molecule has 0 aromatic carbocycles. The summed E-state index contributed by atoms with van der Waals surface area (Å²) in [6.07, 6.45) is 0.889. The Morgan fingerprint density at radius 3 is 2.24 bits per heavy atom. The van der Waals surface area contributed by atoms with Crippen LogP contribution in [0.4, 0.5) is 4.79 Å². The quantitative estimate of drug-likeness (QED) is 0.131. The highest BCUT2D eigenvalue weighted by atomic mass is 28.3. The summed E-state index contributed by atoms with van der Waals surface area (Å²) >= 11 is 0. The van der Waals surface area contributed by atoms with E-state index in [0.717, 1.165) is 4.90 Å². The van der Waals surface area contributed by atoms with Gasteiger partial charge in [-0.15, -0.1) is 0 Å². The third-order valence-corrected chi connectivity index (χ3v) is 7.89. The smallest absolute Gasteiger partial charge is 0.410 e. The number of amides is 3. The number of nitrogens with zero attached hydrogens (tertiary/aromatic N) is 2. The lowest BCUT2D eigenvalue weighted by atomic mass is 9.62. The molecule has 0 N–H and O–H groups in total. The molecule has 2 fully saturated rings. The van der Waals surface area contributed by atoms with E-state index in [9.17, 15) is 24.0 Å². The fourth-order valence-corrected chi connectivity index (χ4v) is 6.16. The number of ether oxygens (including phenoxy) is 3. The molecule has 12 heteroatoms. The Balaban J connectivity index is 2.35. The number of rotatable bonds is 10. The maximum Gasteiger partial charge on any atom is 0.410 e. The molecule has 3 amide bonds. The van der Waals surface area contributed by atoms with E-state index in [1.807, 2.05) is 40.8 Å². The number of hydrogen-bond acceptors (Lipinski definition) is 9. The fraction of sp³-hybridized carbons (Fsp3) is 0.654. The molecule has 0 bridgehead atoms. The number of carbonyl (C=O) groups excluding carboxylic acids is 5. The van der Waals surface area contributed by atoms with Crippen molar-refractivity contribution in [1.82, 2.24) is 9.80 Å². The fourth-order valence-electron chi connectivity index (χ4n) is 4.68. The van der Waals surface area contributed by atoms with Gasteiger partial charge in [-0.1, -0.05) is 46.1 Å². The third-order valence-electron chi connectivity index (χ3n) is 6.93. The lowest BCUT2D eigenvalue weighted by molar-refractivity contribution is -0.194. The Kier molecular flexibility index (Phi) is 10.6. The van der Waals surface area contributed by atoms with E-state index in [-0.39, 0.29) is 39.3 Å². The van der Waals surface area contributed by atoms with Gasteiger partial charge >= 0.3 is 18.0 Å². The van der Waals surface area contributed by atoms with Crippen molar-refractivity contribution in [3.63, 3.8) is 0 Å². The summed E-state index contributed by atoms with van der Waals surface area (Å²) in [6.45, 7) is 18.6. The average Bonchev–Trinajstić information content (AvgIpc) is 2.84. The standard InChI is InChI=1S/C26H40N2O9Si/c1-9-12-35-23(32)22(31)28-17(20(21(28)30)26(6,25(3,4)5)37-38(7)8)15-18(29)19-16-27(11-14-34-19)24(33)36-13-10-2/h9-10,17,19-20,38H,1-2,11-16H2,3-8H3/t17-,19?,20-,26-/m1/s1. The maximum absolute atomic E-state index is 13.5. The van der Waals surface area contributed by atoms with Crippen LogP contribution in [0, 0.1) is 11.3 Å². The molecule has 2 saturated heterocycles. The summed E-state index contributed by atoms with van der Waals surface area (Å²) in [5.41, 5.74) is -1.57. The lowest BCUT2D eigenvalue weighted by Gasteiger charge is -2.57. The van der Waals surface area contributed by atoms with Gasteiger partial charge in [0.05, 0.1) is 30.7 Å². The highest BCUT2D eigenvalue weighted by Gasteiger charge is 2.63. The van der Waals surface area contributed by atoms with Crippen LogP contribution in [0.25, 0.3) is 0 Å². The van der Waals surface area contributed by atoms with E-state index in [1.54, 1.807) is 0 Å². The molecule has 1 unspecified atom stereocenters. The number of carbonyl (C=O) groups is 5. The largest absolute Gasteiger partial charge is 0.454 e. The Labute approximate surface area is 225 Å². The van der Waals surface area contributed by atoms with Crippen LogP contribution in [0.1, 0.15) is 34.1 Å². The molecule has 38 heavy (non-hydrogen) atoms. The number of imide groups is 1. The molecule has 0 aromatic rings. The third kappa shape index (κ3) is 6.78. The van der Waals surface area contributed by atoms with Gasteiger partial charge in [0.2, 0.25) is 5.91 Å². The van der Waals surface area contributed by atoms with Gasteiger partial charge in [-0.3, -0.25) is 19.3 Å². The minimum absolute atomic E-state index is 0.0320. The SMILES string of the molecule is C=CCOC(=O)C(=O)N1C(=O)[C@H]([C@@](C)(O[SiH](C)C)C(C)(C)C)[C@H]1CC(=O)C1CN(C(=O)OCC=C)CCO1. The Morgan fingerprint density at radius 2 is 1.68 bits per heavy atom. The van der Waals surface area contributed by atoms with Gasteiger partial charge in [0.25, 0.3) is 0 Å². The molecule has 0 saturated carbocycles. The Morgan fingerprint density at radius 1 is 1.08 bits per heavy atom. The van der Waals surface area contributed by atoms with Crippen molar-refractivity contribution in [2.45, 2.75) is 65.0 Å². The molecule has 0 radical (unpaired) electrons. The van der Waals surface area contributed by atoms with Crippen molar-refractivity contribution in [1.29, 1.82) is 0 Å². The maximum atomic E-state index is 13.5. The van der Waals surface area contributed by atoms with Crippen molar-refractivity contribution in [3.8, 4) is 0 Å². The molecule has 2 rings (SSSR count). The van der Waals surface area contributed by atoms with Gasteiger partial charge in [-0.05, 0) is 25.4 Å². The Bertz CT molecular complexity index is 961. The number of hydrogen-bond donors (Lipinski definition) is 0. The van der Waals surface area contributed by atoms with Gasteiger partial charge < -0.3 is 23.5 Å². The van der Waals surface area contributed by atoms with Gasteiger partial charge in [-0.25, -0.2) is 9.59 Å². The number of esters is 1. The second kappa shape index (κ2) is 12.8. The topological polar surface area (TPSA) is 129 Å². The highest BCUT2D eigenvalue weighted by molar-refractivity contribution is 6.48. The van der Waals surface area contributed by atoms with Crippen molar-refractivity contribution in [3.05, 3.63) is 25.3 Å². The average molecular weight is 553 g/mol. The van der Waals surface area contributed by atoms with E-state index < -0.39 is 67.8 Å². The molecule has 212 valence electrons. The summed E-state index contributed by atoms with van der Waals surface area (Å²) in [5.74, 6) is -4.24. The molecule has 2 heterocycles. The zero-order chi connectivity index (χ0) is 28.8. The first-order valence-electron chi connectivity index (χ1n) is 12.7. The first-order chi connectivity index (χ1) is 17.7. The van der Waals surface area contributed by atoms with E-state index >= 15 is 0 Å². The Hall–Kier alpha value is -2.83. The molecule has 0 aromatic heterocycles. The van der Waals surface area contributed by atoms with Crippen LogP contribution in [0.5, 0.6) is 0 Å². The molecule has 0 aliphatic carbocycles. The van der Waals surface area contributed by atoms with Crippen LogP contribution < -0.4 is 0 Å². The van der Waals surface area contributed by atoms with Crippen molar-refractivity contribution in [2.75, 3.05) is 32.9 Å². The van der Waals surface area contributed by atoms with Crippen molar-refractivity contribution < 1.29 is 42.6 Å². The number of likely N-dealkylation sites (tertiary alicyclic amines) is 1.